The fraction of sp³-hybridized carbons (Fsp3) is 0.273. The number of fused-ring (bicyclic) bond motifs is 2. The van der Waals surface area contributed by atoms with Gasteiger partial charge in [0, 0.05) is 28.5 Å². The highest BCUT2D eigenvalue weighted by Gasteiger charge is 2.42. The first-order valence-corrected chi connectivity index (χ1v) is 8.84. The SMILES string of the molecule is C=C1C(=O)Oc2c(OC)cccc2[C@H]1[C@@H]1CCc2cc(OC)ccc2C1=O. The van der Waals surface area contributed by atoms with E-state index in [0.717, 1.165) is 23.3 Å². The number of hydrogen-bond acceptors (Lipinski definition) is 5. The molecule has 2 atom stereocenters. The lowest BCUT2D eigenvalue weighted by molar-refractivity contribution is -0.131. The summed E-state index contributed by atoms with van der Waals surface area (Å²) in [6.07, 6.45) is 1.37. The van der Waals surface area contributed by atoms with Crippen LogP contribution in [0, 0.1) is 5.92 Å². The maximum absolute atomic E-state index is 13.3. The van der Waals surface area contributed by atoms with Gasteiger partial charge in [0.1, 0.15) is 5.75 Å². The summed E-state index contributed by atoms with van der Waals surface area (Å²) in [6, 6.07) is 10.9. The average molecular weight is 364 g/mol. The predicted octanol–water partition coefficient (Wildman–Crippen LogP) is 3.71. The minimum absolute atomic E-state index is 0.0218. The Morgan fingerprint density at radius 3 is 2.67 bits per heavy atom. The molecule has 5 heteroatoms. The number of aryl methyl sites for hydroxylation is 1. The number of hydrogen-bond donors (Lipinski definition) is 0. The van der Waals surface area contributed by atoms with E-state index in [4.69, 9.17) is 14.2 Å². The van der Waals surface area contributed by atoms with Crippen LogP contribution < -0.4 is 14.2 Å². The van der Waals surface area contributed by atoms with Crippen LogP contribution >= 0.6 is 0 Å². The Bertz CT molecular complexity index is 959. The molecule has 0 aromatic heterocycles. The van der Waals surface area contributed by atoms with E-state index in [1.54, 1.807) is 25.3 Å². The first-order chi connectivity index (χ1) is 13.0. The second kappa shape index (κ2) is 6.58. The van der Waals surface area contributed by atoms with E-state index in [-0.39, 0.29) is 11.7 Å². The molecule has 0 unspecified atom stereocenters. The minimum atomic E-state index is -0.509. The van der Waals surface area contributed by atoms with Crippen LogP contribution in [0.5, 0.6) is 17.2 Å². The average Bonchev–Trinajstić information content (AvgIpc) is 2.69. The molecule has 0 N–H and O–H groups in total. The maximum atomic E-state index is 13.3. The molecule has 0 spiro atoms. The Labute approximate surface area is 157 Å². The monoisotopic (exact) mass is 364 g/mol. The summed E-state index contributed by atoms with van der Waals surface area (Å²) in [6.45, 7) is 3.94. The van der Waals surface area contributed by atoms with Crippen LogP contribution in [0.3, 0.4) is 0 Å². The van der Waals surface area contributed by atoms with Gasteiger partial charge < -0.3 is 14.2 Å². The third kappa shape index (κ3) is 2.70. The summed E-state index contributed by atoms with van der Waals surface area (Å²) in [5.41, 5.74) is 2.74. The molecule has 1 heterocycles. The van der Waals surface area contributed by atoms with Crippen LogP contribution in [0.1, 0.15) is 33.8 Å². The molecular weight excluding hydrogens is 344 g/mol. The number of esters is 1. The zero-order valence-electron chi connectivity index (χ0n) is 15.3. The lowest BCUT2D eigenvalue weighted by Gasteiger charge is -2.35. The van der Waals surface area contributed by atoms with E-state index in [9.17, 15) is 9.59 Å². The number of carbonyl (C=O) groups excluding carboxylic acids is 2. The van der Waals surface area contributed by atoms with E-state index in [1.807, 2.05) is 18.2 Å². The fourth-order valence-electron chi connectivity index (χ4n) is 4.08. The van der Waals surface area contributed by atoms with Crippen molar-refractivity contribution in [2.75, 3.05) is 14.2 Å². The van der Waals surface area contributed by atoms with Gasteiger partial charge in [-0.15, -0.1) is 0 Å². The van der Waals surface area contributed by atoms with Crippen molar-refractivity contribution in [1.29, 1.82) is 0 Å². The number of para-hydroxylation sites is 1. The summed E-state index contributed by atoms with van der Waals surface area (Å²) in [4.78, 5) is 25.7. The van der Waals surface area contributed by atoms with Gasteiger partial charge in [-0.05, 0) is 42.7 Å². The third-order valence-electron chi connectivity index (χ3n) is 5.44. The first kappa shape index (κ1) is 17.3. The van der Waals surface area contributed by atoms with Crippen molar-refractivity contribution in [3.8, 4) is 17.2 Å². The summed E-state index contributed by atoms with van der Waals surface area (Å²) in [5, 5.41) is 0. The molecule has 0 bridgehead atoms. The van der Waals surface area contributed by atoms with E-state index in [0.29, 0.717) is 29.1 Å². The highest BCUT2D eigenvalue weighted by Crippen LogP contribution is 2.48. The maximum Gasteiger partial charge on any atom is 0.339 e. The van der Waals surface area contributed by atoms with E-state index in [1.165, 1.54) is 7.11 Å². The molecule has 2 aromatic carbocycles. The molecule has 2 aromatic rings. The van der Waals surface area contributed by atoms with E-state index >= 15 is 0 Å². The van der Waals surface area contributed by atoms with Gasteiger partial charge in [0.2, 0.25) is 0 Å². The molecule has 0 fully saturated rings. The lowest BCUT2D eigenvalue weighted by Crippen LogP contribution is -2.34. The van der Waals surface area contributed by atoms with Crippen molar-refractivity contribution >= 4 is 11.8 Å². The largest absolute Gasteiger partial charge is 0.497 e. The van der Waals surface area contributed by atoms with E-state index in [2.05, 4.69) is 6.58 Å². The molecule has 0 saturated heterocycles. The molecule has 5 nitrogen and oxygen atoms in total. The van der Waals surface area contributed by atoms with Crippen molar-refractivity contribution in [1.82, 2.24) is 0 Å². The van der Waals surface area contributed by atoms with Crippen LogP contribution in [-0.2, 0) is 11.2 Å². The van der Waals surface area contributed by atoms with Crippen LogP contribution in [0.4, 0.5) is 0 Å². The molecule has 0 radical (unpaired) electrons. The van der Waals surface area contributed by atoms with Gasteiger partial charge in [-0.3, -0.25) is 4.79 Å². The third-order valence-corrected chi connectivity index (χ3v) is 5.44. The number of benzene rings is 2. The van der Waals surface area contributed by atoms with E-state index < -0.39 is 11.9 Å². The van der Waals surface area contributed by atoms with Gasteiger partial charge in [-0.25, -0.2) is 4.79 Å². The number of Topliss-reactive ketones (excluding diaryl/α,β-unsaturated/α-hetero) is 1. The zero-order valence-corrected chi connectivity index (χ0v) is 15.3. The molecule has 138 valence electrons. The van der Waals surface area contributed by atoms with Crippen molar-refractivity contribution in [2.24, 2.45) is 5.92 Å². The lowest BCUT2D eigenvalue weighted by atomic mass is 9.70. The quantitative estimate of drug-likeness (QED) is 0.472. The second-order valence-corrected chi connectivity index (χ2v) is 6.80. The number of ether oxygens (including phenoxy) is 3. The number of rotatable bonds is 3. The molecular formula is C22H20O5. The Morgan fingerprint density at radius 1 is 1.11 bits per heavy atom. The highest BCUT2D eigenvalue weighted by molar-refractivity contribution is 6.03. The van der Waals surface area contributed by atoms with Gasteiger partial charge in [0.15, 0.2) is 17.3 Å². The van der Waals surface area contributed by atoms with Crippen molar-refractivity contribution in [3.05, 3.63) is 65.2 Å². The summed E-state index contributed by atoms with van der Waals surface area (Å²) >= 11 is 0. The van der Waals surface area contributed by atoms with Gasteiger partial charge in [-0.1, -0.05) is 18.7 Å². The molecule has 27 heavy (non-hydrogen) atoms. The fourth-order valence-corrected chi connectivity index (χ4v) is 4.08. The highest BCUT2D eigenvalue weighted by atomic mass is 16.6. The zero-order chi connectivity index (χ0) is 19.1. The van der Waals surface area contributed by atoms with Crippen molar-refractivity contribution < 1.29 is 23.8 Å². The van der Waals surface area contributed by atoms with Crippen LogP contribution in [-0.4, -0.2) is 26.0 Å². The Morgan fingerprint density at radius 2 is 1.93 bits per heavy atom. The first-order valence-electron chi connectivity index (χ1n) is 8.84. The summed E-state index contributed by atoms with van der Waals surface area (Å²) in [7, 11) is 3.13. The minimum Gasteiger partial charge on any atom is -0.497 e. The smallest absolute Gasteiger partial charge is 0.339 e. The normalized spacial score (nSPS) is 21.2. The standard InChI is InChI=1S/C22H20O5/c1-12-19(17-5-4-6-18(26-3)21(17)27-22(12)24)16-9-7-13-11-14(25-2)8-10-15(13)20(16)23/h4-6,8,10-11,16,19H,1,7,9H2,2-3H3/t16-,19+/m0/s1. The molecule has 0 amide bonds. The van der Waals surface area contributed by atoms with Crippen LogP contribution in [0.2, 0.25) is 0 Å². The van der Waals surface area contributed by atoms with Gasteiger partial charge >= 0.3 is 5.97 Å². The molecule has 4 rings (SSSR count). The molecule has 2 aliphatic rings. The number of carbonyl (C=O) groups is 2. The number of methoxy groups -OCH3 is 2. The number of ketones is 1. The van der Waals surface area contributed by atoms with Crippen LogP contribution in [0.25, 0.3) is 0 Å². The van der Waals surface area contributed by atoms with Crippen molar-refractivity contribution in [3.63, 3.8) is 0 Å². The Kier molecular flexibility index (Phi) is 4.22. The Balaban J connectivity index is 1.78. The van der Waals surface area contributed by atoms with Gasteiger partial charge in [0.25, 0.3) is 0 Å². The topological polar surface area (TPSA) is 61.8 Å². The predicted molar refractivity (Wildman–Crippen MR) is 99.6 cm³/mol. The second-order valence-electron chi connectivity index (χ2n) is 6.80. The summed E-state index contributed by atoms with van der Waals surface area (Å²) in [5.74, 6) is 0.332. The molecule has 1 aliphatic heterocycles. The Hall–Kier alpha value is -3.08. The van der Waals surface area contributed by atoms with Crippen LogP contribution in [0.15, 0.2) is 48.6 Å². The molecule has 1 aliphatic carbocycles. The van der Waals surface area contributed by atoms with Gasteiger partial charge in [0.05, 0.1) is 14.2 Å². The van der Waals surface area contributed by atoms with Gasteiger partial charge in [-0.2, -0.15) is 0 Å². The molecule has 0 saturated carbocycles. The van der Waals surface area contributed by atoms with Crippen molar-refractivity contribution in [2.45, 2.75) is 18.8 Å². The summed E-state index contributed by atoms with van der Waals surface area (Å²) < 4.78 is 16.0.